The zero-order chi connectivity index (χ0) is 10.5. The van der Waals surface area contributed by atoms with Gasteiger partial charge in [0, 0.05) is 7.11 Å². The van der Waals surface area contributed by atoms with Crippen LogP contribution in [0.15, 0.2) is 0 Å². The Morgan fingerprint density at radius 3 is 2.31 bits per heavy atom. The number of hydrogen-bond donors (Lipinski definition) is 2. The van der Waals surface area contributed by atoms with Gasteiger partial charge in [-0.05, 0) is 26.2 Å². The Kier molecular flexibility index (Phi) is 5.53. The zero-order valence-corrected chi connectivity index (χ0v) is 9.55. The largest absolute Gasteiger partial charge is 0.377 e. The van der Waals surface area contributed by atoms with E-state index in [2.05, 4.69) is 33.1 Å². The highest BCUT2D eigenvalue weighted by Gasteiger charge is 2.32. The Balaban J connectivity index is 4.31. The molecule has 0 amide bonds. The second-order valence-corrected chi connectivity index (χ2v) is 4.22. The van der Waals surface area contributed by atoms with E-state index in [1.165, 1.54) is 12.8 Å². The Morgan fingerprint density at radius 1 is 1.46 bits per heavy atom. The summed E-state index contributed by atoms with van der Waals surface area (Å²) in [5.74, 6) is 6.07. The zero-order valence-electron chi connectivity index (χ0n) is 9.55. The summed E-state index contributed by atoms with van der Waals surface area (Å²) >= 11 is 0. The van der Waals surface area contributed by atoms with Gasteiger partial charge in [-0.1, -0.05) is 20.3 Å². The summed E-state index contributed by atoms with van der Waals surface area (Å²) in [5.41, 5.74) is 2.65. The van der Waals surface area contributed by atoms with Crippen molar-refractivity contribution in [3.05, 3.63) is 0 Å². The number of hydrazine groups is 1. The smallest absolute Gasteiger partial charge is 0.0791 e. The van der Waals surface area contributed by atoms with Gasteiger partial charge in [0.05, 0.1) is 11.6 Å². The van der Waals surface area contributed by atoms with Crippen molar-refractivity contribution in [2.45, 2.75) is 52.2 Å². The van der Waals surface area contributed by atoms with Gasteiger partial charge >= 0.3 is 0 Å². The second kappa shape index (κ2) is 5.58. The van der Waals surface area contributed by atoms with E-state index in [9.17, 15) is 0 Å². The molecule has 2 atom stereocenters. The molecule has 0 aromatic heterocycles. The maximum Gasteiger partial charge on any atom is 0.0791 e. The van der Waals surface area contributed by atoms with Crippen LogP contribution in [0.25, 0.3) is 0 Å². The van der Waals surface area contributed by atoms with E-state index in [1.807, 2.05) is 0 Å². The van der Waals surface area contributed by atoms with E-state index in [0.29, 0.717) is 5.92 Å². The third kappa shape index (κ3) is 3.63. The molecule has 0 bridgehead atoms. The standard InChI is InChI=1S/C10H24N2O/c1-6-7-8(2)9(12-11)10(3,4)13-5/h8-9,12H,6-7,11H2,1-5H3. The van der Waals surface area contributed by atoms with E-state index in [4.69, 9.17) is 10.6 Å². The van der Waals surface area contributed by atoms with E-state index in [-0.39, 0.29) is 11.6 Å². The average Bonchev–Trinajstić information content (AvgIpc) is 2.05. The van der Waals surface area contributed by atoms with Gasteiger partial charge in [-0.15, -0.1) is 0 Å². The lowest BCUT2D eigenvalue weighted by molar-refractivity contribution is -0.0267. The van der Waals surface area contributed by atoms with Gasteiger partial charge in [0.25, 0.3) is 0 Å². The number of nitrogens with two attached hydrogens (primary N) is 1. The number of methoxy groups -OCH3 is 1. The van der Waals surface area contributed by atoms with Gasteiger partial charge in [0.1, 0.15) is 0 Å². The fraction of sp³-hybridized carbons (Fsp3) is 1.00. The molecule has 0 radical (unpaired) electrons. The van der Waals surface area contributed by atoms with Gasteiger partial charge in [-0.25, -0.2) is 0 Å². The molecule has 0 aliphatic heterocycles. The van der Waals surface area contributed by atoms with Crippen LogP contribution in [0.4, 0.5) is 0 Å². The lowest BCUT2D eigenvalue weighted by Gasteiger charge is -2.36. The van der Waals surface area contributed by atoms with Crippen LogP contribution in [-0.4, -0.2) is 18.8 Å². The first-order chi connectivity index (χ1) is 5.99. The molecule has 2 unspecified atom stereocenters. The quantitative estimate of drug-likeness (QED) is 0.492. The van der Waals surface area contributed by atoms with Crippen LogP contribution in [0.2, 0.25) is 0 Å². The molecule has 3 heteroatoms. The van der Waals surface area contributed by atoms with Crippen LogP contribution in [0.5, 0.6) is 0 Å². The fourth-order valence-corrected chi connectivity index (χ4v) is 1.80. The van der Waals surface area contributed by atoms with Gasteiger partial charge in [0.2, 0.25) is 0 Å². The van der Waals surface area contributed by atoms with Crippen molar-refractivity contribution in [3.63, 3.8) is 0 Å². The van der Waals surface area contributed by atoms with Crippen molar-refractivity contribution >= 4 is 0 Å². The lowest BCUT2D eigenvalue weighted by atomic mass is 9.86. The highest BCUT2D eigenvalue weighted by molar-refractivity contribution is 4.87. The molecule has 0 aromatic carbocycles. The van der Waals surface area contributed by atoms with Crippen molar-refractivity contribution < 1.29 is 4.74 Å². The third-order valence-corrected chi connectivity index (χ3v) is 2.77. The minimum Gasteiger partial charge on any atom is -0.377 e. The van der Waals surface area contributed by atoms with Gasteiger partial charge < -0.3 is 4.74 Å². The van der Waals surface area contributed by atoms with Crippen LogP contribution < -0.4 is 11.3 Å². The molecule has 0 aliphatic rings. The van der Waals surface area contributed by atoms with Crippen molar-refractivity contribution in [3.8, 4) is 0 Å². The molecule has 13 heavy (non-hydrogen) atoms. The number of ether oxygens (including phenoxy) is 1. The minimum absolute atomic E-state index is 0.205. The molecule has 0 spiro atoms. The highest BCUT2D eigenvalue weighted by atomic mass is 16.5. The summed E-state index contributed by atoms with van der Waals surface area (Å²) in [7, 11) is 1.73. The Labute approximate surface area is 82.0 Å². The van der Waals surface area contributed by atoms with E-state index in [1.54, 1.807) is 7.11 Å². The maximum absolute atomic E-state index is 5.54. The van der Waals surface area contributed by atoms with Gasteiger partial charge in [-0.3, -0.25) is 11.3 Å². The van der Waals surface area contributed by atoms with Crippen LogP contribution >= 0.6 is 0 Å². The van der Waals surface area contributed by atoms with Crippen molar-refractivity contribution in [2.24, 2.45) is 11.8 Å². The minimum atomic E-state index is -0.205. The van der Waals surface area contributed by atoms with Crippen molar-refractivity contribution in [1.82, 2.24) is 5.43 Å². The molecule has 3 N–H and O–H groups in total. The summed E-state index contributed by atoms with van der Waals surface area (Å²) in [6, 6.07) is 0.206. The first-order valence-electron chi connectivity index (χ1n) is 5.00. The number of rotatable bonds is 6. The molecule has 0 saturated heterocycles. The molecule has 0 rings (SSSR count). The molecule has 0 heterocycles. The number of nitrogens with one attached hydrogen (secondary N) is 1. The summed E-state index contributed by atoms with van der Waals surface area (Å²) in [5, 5.41) is 0. The molecule has 0 fully saturated rings. The normalized spacial score (nSPS) is 17.1. The highest BCUT2D eigenvalue weighted by Crippen LogP contribution is 2.22. The first kappa shape index (κ1) is 12.9. The molecule has 0 saturated carbocycles. The van der Waals surface area contributed by atoms with Crippen molar-refractivity contribution in [1.29, 1.82) is 0 Å². The molecular weight excluding hydrogens is 164 g/mol. The molecular formula is C10H24N2O. The predicted molar refractivity (Wildman–Crippen MR) is 56.3 cm³/mol. The van der Waals surface area contributed by atoms with E-state index in [0.717, 1.165) is 0 Å². The molecule has 80 valence electrons. The molecule has 0 aromatic rings. The van der Waals surface area contributed by atoms with Gasteiger partial charge in [0.15, 0.2) is 0 Å². The van der Waals surface area contributed by atoms with Crippen LogP contribution in [0.3, 0.4) is 0 Å². The maximum atomic E-state index is 5.54. The fourth-order valence-electron chi connectivity index (χ4n) is 1.80. The van der Waals surface area contributed by atoms with Crippen LogP contribution in [-0.2, 0) is 4.74 Å². The van der Waals surface area contributed by atoms with Crippen LogP contribution in [0.1, 0.15) is 40.5 Å². The molecule has 3 nitrogen and oxygen atoms in total. The van der Waals surface area contributed by atoms with Crippen LogP contribution in [0, 0.1) is 5.92 Å². The number of hydrogen-bond acceptors (Lipinski definition) is 3. The SMILES string of the molecule is CCCC(C)C(NN)C(C)(C)OC. The van der Waals surface area contributed by atoms with Gasteiger partial charge in [-0.2, -0.15) is 0 Å². The predicted octanol–water partition coefficient (Wildman–Crippen LogP) is 1.68. The topological polar surface area (TPSA) is 47.3 Å². The first-order valence-corrected chi connectivity index (χ1v) is 5.00. The Bertz CT molecular complexity index is 137. The summed E-state index contributed by atoms with van der Waals surface area (Å²) < 4.78 is 5.42. The second-order valence-electron chi connectivity index (χ2n) is 4.22. The lowest BCUT2D eigenvalue weighted by Crippen LogP contribution is -2.54. The Morgan fingerprint density at radius 2 is 2.00 bits per heavy atom. The van der Waals surface area contributed by atoms with Crippen molar-refractivity contribution in [2.75, 3.05) is 7.11 Å². The average molecular weight is 188 g/mol. The summed E-state index contributed by atoms with van der Waals surface area (Å²) in [6.45, 7) is 8.51. The molecule has 0 aliphatic carbocycles. The monoisotopic (exact) mass is 188 g/mol. The summed E-state index contributed by atoms with van der Waals surface area (Å²) in [6.07, 6.45) is 2.35. The summed E-state index contributed by atoms with van der Waals surface area (Å²) in [4.78, 5) is 0. The van der Waals surface area contributed by atoms with E-state index >= 15 is 0 Å². The third-order valence-electron chi connectivity index (χ3n) is 2.77. The van der Waals surface area contributed by atoms with E-state index < -0.39 is 0 Å². The Hall–Kier alpha value is -0.120.